The van der Waals surface area contributed by atoms with Crippen LogP contribution in [0.4, 0.5) is 0 Å². The van der Waals surface area contributed by atoms with Crippen LogP contribution in [0.1, 0.15) is 18.2 Å². The Labute approximate surface area is 106 Å². The molecule has 0 bridgehead atoms. The number of nitrogens with two attached hydrogens (primary N) is 2. The Hall–Kier alpha value is -1.53. The molecule has 0 saturated heterocycles. The van der Waals surface area contributed by atoms with Crippen LogP contribution in [-0.2, 0) is 11.3 Å². The number of carbonyl (C=O) groups excluding carboxylic acids is 1. The van der Waals surface area contributed by atoms with E-state index in [2.05, 4.69) is 4.98 Å². The molecule has 1 rings (SSSR count). The SMILES string of the molecule is CCN(CC(N)=O)Cc1cccnc1C(N)=S. The third kappa shape index (κ3) is 4.08. The number of hydrogen-bond donors (Lipinski definition) is 2. The molecule has 5 nitrogen and oxygen atoms in total. The number of primary amides is 1. The molecule has 0 aliphatic heterocycles. The minimum absolute atomic E-state index is 0.210. The van der Waals surface area contributed by atoms with Crippen molar-refractivity contribution in [3.8, 4) is 0 Å². The van der Waals surface area contributed by atoms with Crippen molar-refractivity contribution in [2.45, 2.75) is 13.5 Å². The van der Waals surface area contributed by atoms with Crippen LogP contribution in [0.5, 0.6) is 0 Å². The van der Waals surface area contributed by atoms with Crippen LogP contribution in [-0.4, -0.2) is 33.9 Å². The van der Waals surface area contributed by atoms with Crippen molar-refractivity contribution in [1.29, 1.82) is 0 Å². The summed E-state index contributed by atoms with van der Waals surface area (Å²) in [4.78, 5) is 17.2. The molecule has 0 unspecified atom stereocenters. The normalized spacial score (nSPS) is 10.5. The van der Waals surface area contributed by atoms with Crippen LogP contribution in [0, 0.1) is 0 Å². The molecule has 0 fully saturated rings. The van der Waals surface area contributed by atoms with E-state index < -0.39 is 0 Å². The largest absolute Gasteiger partial charge is 0.388 e. The van der Waals surface area contributed by atoms with Crippen LogP contribution in [0.2, 0.25) is 0 Å². The van der Waals surface area contributed by atoms with Gasteiger partial charge in [0.05, 0.1) is 6.54 Å². The van der Waals surface area contributed by atoms with Gasteiger partial charge in [-0.15, -0.1) is 0 Å². The summed E-state index contributed by atoms with van der Waals surface area (Å²) in [6, 6.07) is 3.71. The quantitative estimate of drug-likeness (QED) is 0.697. The van der Waals surface area contributed by atoms with Crippen LogP contribution in [0.3, 0.4) is 0 Å². The van der Waals surface area contributed by atoms with Gasteiger partial charge in [0.1, 0.15) is 10.7 Å². The van der Waals surface area contributed by atoms with Crippen LogP contribution in [0.15, 0.2) is 18.3 Å². The third-order valence-corrected chi connectivity index (χ3v) is 2.54. The van der Waals surface area contributed by atoms with Gasteiger partial charge < -0.3 is 11.5 Å². The molecule has 0 spiro atoms. The fraction of sp³-hybridized carbons (Fsp3) is 0.364. The zero-order chi connectivity index (χ0) is 12.8. The van der Waals surface area contributed by atoms with Crippen molar-refractivity contribution >= 4 is 23.1 Å². The van der Waals surface area contributed by atoms with Crippen molar-refractivity contribution < 1.29 is 4.79 Å². The summed E-state index contributed by atoms with van der Waals surface area (Å²) in [6.07, 6.45) is 1.64. The van der Waals surface area contributed by atoms with Crippen molar-refractivity contribution in [2.24, 2.45) is 11.5 Å². The predicted octanol–water partition coefficient (Wildman–Crippen LogP) is 0.0230. The molecule has 6 heteroatoms. The first-order valence-electron chi connectivity index (χ1n) is 5.29. The van der Waals surface area contributed by atoms with E-state index in [1.807, 2.05) is 24.0 Å². The fourth-order valence-corrected chi connectivity index (χ4v) is 1.71. The highest BCUT2D eigenvalue weighted by Gasteiger charge is 2.11. The van der Waals surface area contributed by atoms with E-state index >= 15 is 0 Å². The number of rotatable bonds is 6. The summed E-state index contributed by atoms with van der Waals surface area (Å²) < 4.78 is 0. The number of nitrogens with zero attached hydrogens (tertiary/aromatic N) is 2. The number of amides is 1. The van der Waals surface area contributed by atoms with Gasteiger partial charge in [-0.25, -0.2) is 0 Å². The molecule has 4 N–H and O–H groups in total. The third-order valence-electron chi connectivity index (χ3n) is 2.35. The average Bonchev–Trinajstić information content (AvgIpc) is 2.28. The Balaban J connectivity index is 2.85. The van der Waals surface area contributed by atoms with Gasteiger partial charge in [-0.2, -0.15) is 0 Å². The average molecular weight is 252 g/mol. The smallest absolute Gasteiger partial charge is 0.231 e. The summed E-state index contributed by atoms with van der Waals surface area (Å²) in [7, 11) is 0. The maximum Gasteiger partial charge on any atom is 0.231 e. The van der Waals surface area contributed by atoms with E-state index in [0.29, 0.717) is 18.8 Å². The molecule has 0 aliphatic rings. The van der Waals surface area contributed by atoms with Crippen molar-refractivity contribution in [1.82, 2.24) is 9.88 Å². The Bertz CT molecular complexity index is 422. The van der Waals surface area contributed by atoms with Crippen molar-refractivity contribution in [3.63, 3.8) is 0 Å². The number of thiocarbonyl (C=S) groups is 1. The Morgan fingerprint density at radius 3 is 2.76 bits per heavy atom. The molecule has 1 aromatic heterocycles. The van der Waals surface area contributed by atoms with Crippen molar-refractivity contribution in [2.75, 3.05) is 13.1 Å². The highest BCUT2D eigenvalue weighted by atomic mass is 32.1. The molecule has 1 amide bonds. The maximum absolute atomic E-state index is 10.9. The number of aromatic nitrogens is 1. The molecule has 1 aromatic rings. The summed E-state index contributed by atoms with van der Waals surface area (Å²) in [5.41, 5.74) is 12.3. The van der Waals surface area contributed by atoms with Gasteiger partial charge in [0, 0.05) is 12.7 Å². The lowest BCUT2D eigenvalue weighted by atomic mass is 10.1. The lowest BCUT2D eigenvalue weighted by Gasteiger charge is -2.19. The number of likely N-dealkylation sites (N-methyl/N-ethyl adjacent to an activating group) is 1. The minimum Gasteiger partial charge on any atom is -0.388 e. The van der Waals surface area contributed by atoms with E-state index in [1.54, 1.807) is 6.20 Å². The highest BCUT2D eigenvalue weighted by molar-refractivity contribution is 7.80. The predicted molar refractivity (Wildman–Crippen MR) is 70.3 cm³/mol. The Morgan fingerprint density at radius 1 is 1.53 bits per heavy atom. The van der Waals surface area contributed by atoms with Crippen LogP contribution >= 0.6 is 12.2 Å². The summed E-state index contributed by atoms with van der Waals surface area (Å²) >= 11 is 4.93. The Kier molecular flexibility index (Phi) is 4.99. The standard InChI is InChI=1S/C11H16N4OS/c1-2-15(7-9(12)16)6-8-4-3-5-14-10(8)11(13)17/h3-5H,2,6-7H2,1H3,(H2,12,16)(H2,13,17). The molecule has 0 aromatic carbocycles. The molecular formula is C11H16N4OS. The highest BCUT2D eigenvalue weighted by Crippen LogP contribution is 2.08. The van der Waals surface area contributed by atoms with Gasteiger partial charge in [-0.05, 0) is 18.2 Å². The first-order chi connectivity index (χ1) is 8.04. The molecule has 1 heterocycles. The first-order valence-corrected chi connectivity index (χ1v) is 5.69. The van der Waals surface area contributed by atoms with E-state index in [0.717, 1.165) is 5.56 Å². The number of hydrogen-bond acceptors (Lipinski definition) is 4. The second-order valence-electron chi connectivity index (χ2n) is 3.64. The van der Waals surface area contributed by atoms with E-state index in [9.17, 15) is 4.79 Å². The van der Waals surface area contributed by atoms with Gasteiger partial charge in [-0.1, -0.05) is 25.2 Å². The minimum atomic E-state index is -0.354. The van der Waals surface area contributed by atoms with E-state index in [4.69, 9.17) is 23.7 Å². The van der Waals surface area contributed by atoms with Gasteiger partial charge >= 0.3 is 0 Å². The van der Waals surface area contributed by atoms with Gasteiger partial charge in [0.2, 0.25) is 5.91 Å². The number of carbonyl (C=O) groups is 1. The zero-order valence-electron chi connectivity index (χ0n) is 9.72. The molecule has 17 heavy (non-hydrogen) atoms. The second-order valence-corrected chi connectivity index (χ2v) is 4.08. The lowest BCUT2D eigenvalue weighted by molar-refractivity contribution is -0.119. The number of pyridine rings is 1. The summed E-state index contributed by atoms with van der Waals surface area (Å²) in [5, 5.41) is 0. The van der Waals surface area contributed by atoms with Crippen LogP contribution < -0.4 is 11.5 Å². The second kappa shape index (κ2) is 6.27. The van der Waals surface area contributed by atoms with E-state index in [1.165, 1.54) is 0 Å². The van der Waals surface area contributed by atoms with Gasteiger partial charge in [0.25, 0.3) is 0 Å². The summed E-state index contributed by atoms with van der Waals surface area (Å²) in [5.74, 6) is -0.354. The van der Waals surface area contributed by atoms with Crippen LogP contribution in [0.25, 0.3) is 0 Å². The molecule has 0 saturated carbocycles. The van der Waals surface area contributed by atoms with Crippen molar-refractivity contribution in [3.05, 3.63) is 29.6 Å². The first kappa shape index (κ1) is 13.5. The molecule has 0 radical (unpaired) electrons. The fourth-order valence-electron chi connectivity index (χ4n) is 1.53. The monoisotopic (exact) mass is 252 g/mol. The van der Waals surface area contributed by atoms with Gasteiger partial charge in [0.15, 0.2) is 0 Å². The Morgan fingerprint density at radius 2 is 2.24 bits per heavy atom. The lowest BCUT2D eigenvalue weighted by Crippen LogP contribution is -2.33. The molecule has 0 aliphatic carbocycles. The molecular weight excluding hydrogens is 236 g/mol. The molecule has 92 valence electrons. The topological polar surface area (TPSA) is 85.2 Å². The van der Waals surface area contributed by atoms with E-state index in [-0.39, 0.29) is 17.4 Å². The zero-order valence-corrected chi connectivity index (χ0v) is 10.5. The van der Waals surface area contributed by atoms with Gasteiger partial charge in [-0.3, -0.25) is 14.7 Å². The molecule has 0 atom stereocenters. The maximum atomic E-state index is 10.9. The summed E-state index contributed by atoms with van der Waals surface area (Å²) in [6.45, 7) is 3.44.